The predicted molar refractivity (Wildman–Crippen MR) is 96.9 cm³/mol. The number of hydrogen-bond acceptors (Lipinski definition) is 5. The lowest BCUT2D eigenvalue weighted by atomic mass is 10.1. The van der Waals surface area contributed by atoms with Crippen molar-refractivity contribution in [3.63, 3.8) is 0 Å². The van der Waals surface area contributed by atoms with E-state index in [-0.39, 0.29) is 43.5 Å². The Bertz CT molecular complexity index is 768. The van der Waals surface area contributed by atoms with Crippen molar-refractivity contribution in [2.45, 2.75) is 23.3 Å². The van der Waals surface area contributed by atoms with Gasteiger partial charge in [-0.25, -0.2) is 17.2 Å². The van der Waals surface area contributed by atoms with Crippen LogP contribution in [0.4, 0.5) is 8.78 Å². The van der Waals surface area contributed by atoms with Crippen molar-refractivity contribution in [3.05, 3.63) is 24.3 Å². The van der Waals surface area contributed by atoms with Crippen molar-refractivity contribution >= 4 is 28.3 Å². The van der Waals surface area contributed by atoms with Crippen molar-refractivity contribution in [2.75, 3.05) is 39.8 Å². The second-order valence-electron chi connectivity index (χ2n) is 6.40. The van der Waals surface area contributed by atoms with Gasteiger partial charge in [0.2, 0.25) is 15.9 Å². The number of nitrogens with zero attached hydrogens (tertiary/aromatic N) is 2. The van der Waals surface area contributed by atoms with Gasteiger partial charge in [0.1, 0.15) is 5.75 Å². The van der Waals surface area contributed by atoms with Gasteiger partial charge in [-0.1, -0.05) is 0 Å². The summed E-state index contributed by atoms with van der Waals surface area (Å²) < 4.78 is 58.2. The van der Waals surface area contributed by atoms with Gasteiger partial charge in [-0.3, -0.25) is 10.1 Å². The highest BCUT2D eigenvalue weighted by Crippen LogP contribution is 2.27. The van der Waals surface area contributed by atoms with Crippen LogP contribution in [0.15, 0.2) is 29.2 Å². The number of methoxy groups -OCH3 is 1. The SMILES string of the molecule is COc1ccc(S(=O)(=O)N2CCN(C(=O)C3CC(F)(F)CN3)CC2)cc1.Cl. The van der Waals surface area contributed by atoms with E-state index in [1.54, 1.807) is 12.1 Å². The minimum absolute atomic E-state index is 0. The quantitative estimate of drug-likeness (QED) is 0.777. The molecule has 2 saturated heterocycles. The van der Waals surface area contributed by atoms with Gasteiger partial charge in [0.25, 0.3) is 5.92 Å². The van der Waals surface area contributed by atoms with Crippen LogP contribution in [0.3, 0.4) is 0 Å². The van der Waals surface area contributed by atoms with Gasteiger partial charge in [-0.05, 0) is 24.3 Å². The number of ether oxygens (including phenoxy) is 1. The second kappa shape index (κ2) is 8.26. The van der Waals surface area contributed by atoms with Crippen LogP contribution in [0.25, 0.3) is 0 Å². The molecule has 3 rings (SSSR count). The van der Waals surface area contributed by atoms with E-state index in [2.05, 4.69) is 5.32 Å². The number of piperazine rings is 1. The summed E-state index contributed by atoms with van der Waals surface area (Å²) in [7, 11) is -2.17. The van der Waals surface area contributed by atoms with Crippen LogP contribution < -0.4 is 10.1 Å². The Morgan fingerprint density at radius 3 is 2.26 bits per heavy atom. The molecule has 1 amide bonds. The fourth-order valence-electron chi connectivity index (χ4n) is 3.16. The number of hydrogen-bond donors (Lipinski definition) is 1. The van der Waals surface area contributed by atoms with Gasteiger partial charge in [-0.15, -0.1) is 12.4 Å². The molecule has 2 heterocycles. The standard InChI is InChI=1S/C16H21F2N3O4S.ClH/c1-25-12-2-4-13(5-3-12)26(23,24)21-8-6-20(7-9-21)15(22)14-10-16(17,18)11-19-14;/h2-5,14,19H,6-11H2,1H3;1H. The van der Waals surface area contributed by atoms with Gasteiger partial charge in [0.15, 0.2) is 0 Å². The number of rotatable bonds is 4. The maximum atomic E-state index is 13.3. The maximum Gasteiger partial charge on any atom is 0.262 e. The van der Waals surface area contributed by atoms with Crippen LogP contribution in [-0.4, -0.2) is 75.3 Å². The summed E-state index contributed by atoms with van der Waals surface area (Å²) in [5, 5.41) is 2.54. The Morgan fingerprint density at radius 2 is 1.78 bits per heavy atom. The minimum atomic E-state index is -3.67. The summed E-state index contributed by atoms with van der Waals surface area (Å²) in [4.78, 5) is 13.9. The summed E-state index contributed by atoms with van der Waals surface area (Å²) in [6, 6.07) is 5.17. The summed E-state index contributed by atoms with van der Waals surface area (Å²) in [6.07, 6.45) is -0.518. The smallest absolute Gasteiger partial charge is 0.262 e. The Hall–Kier alpha value is -1.49. The molecule has 1 unspecified atom stereocenters. The van der Waals surface area contributed by atoms with Gasteiger partial charge in [-0.2, -0.15) is 4.31 Å². The fraction of sp³-hybridized carbons (Fsp3) is 0.562. The van der Waals surface area contributed by atoms with Gasteiger partial charge >= 0.3 is 0 Å². The van der Waals surface area contributed by atoms with E-state index in [1.165, 1.54) is 28.4 Å². The Balaban J connectivity index is 0.00000261. The molecule has 1 atom stereocenters. The highest BCUT2D eigenvalue weighted by molar-refractivity contribution is 7.89. The third-order valence-corrected chi connectivity index (χ3v) is 6.57. The predicted octanol–water partition coefficient (Wildman–Crippen LogP) is 0.947. The lowest BCUT2D eigenvalue weighted by molar-refractivity contribution is -0.134. The number of benzene rings is 1. The lowest BCUT2D eigenvalue weighted by Gasteiger charge is -2.35. The highest BCUT2D eigenvalue weighted by atomic mass is 35.5. The Kier molecular flexibility index (Phi) is 6.67. The molecule has 27 heavy (non-hydrogen) atoms. The van der Waals surface area contributed by atoms with E-state index >= 15 is 0 Å². The number of carbonyl (C=O) groups is 1. The molecule has 0 aromatic heterocycles. The summed E-state index contributed by atoms with van der Waals surface area (Å²) >= 11 is 0. The molecule has 0 radical (unpaired) electrons. The molecule has 152 valence electrons. The molecule has 1 N–H and O–H groups in total. The average molecular weight is 426 g/mol. The number of sulfonamides is 1. The molecule has 0 spiro atoms. The van der Waals surface area contributed by atoms with Crippen LogP contribution in [0, 0.1) is 0 Å². The molecule has 2 aliphatic heterocycles. The average Bonchev–Trinajstić information content (AvgIpc) is 3.01. The van der Waals surface area contributed by atoms with E-state index in [0.29, 0.717) is 5.75 Å². The molecule has 2 fully saturated rings. The zero-order valence-electron chi connectivity index (χ0n) is 14.7. The molecule has 0 aliphatic carbocycles. The van der Waals surface area contributed by atoms with Crippen molar-refractivity contribution in [1.82, 2.24) is 14.5 Å². The van der Waals surface area contributed by atoms with Crippen molar-refractivity contribution in [2.24, 2.45) is 0 Å². The first kappa shape index (κ1) is 21.8. The topological polar surface area (TPSA) is 79.0 Å². The van der Waals surface area contributed by atoms with Gasteiger partial charge < -0.3 is 9.64 Å². The molecule has 1 aromatic carbocycles. The first-order valence-electron chi connectivity index (χ1n) is 8.27. The van der Waals surface area contributed by atoms with Crippen LogP contribution in [0.2, 0.25) is 0 Å². The van der Waals surface area contributed by atoms with Gasteiger partial charge in [0, 0.05) is 32.6 Å². The largest absolute Gasteiger partial charge is 0.497 e. The summed E-state index contributed by atoms with van der Waals surface area (Å²) in [6.45, 7) is 0.109. The Labute approximate surface area is 163 Å². The zero-order chi connectivity index (χ0) is 18.9. The lowest BCUT2D eigenvalue weighted by Crippen LogP contribution is -2.54. The molecule has 7 nitrogen and oxygen atoms in total. The molecular weight excluding hydrogens is 404 g/mol. The monoisotopic (exact) mass is 425 g/mol. The summed E-state index contributed by atoms with van der Waals surface area (Å²) in [5.41, 5.74) is 0. The normalized spacial score (nSPS) is 22.9. The number of nitrogens with one attached hydrogen (secondary N) is 1. The van der Waals surface area contributed by atoms with Crippen LogP contribution in [-0.2, 0) is 14.8 Å². The molecule has 2 aliphatic rings. The molecule has 11 heteroatoms. The zero-order valence-corrected chi connectivity index (χ0v) is 16.4. The van der Waals surface area contributed by atoms with Crippen LogP contribution in [0.5, 0.6) is 5.75 Å². The third-order valence-electron chi connectivity index (χ3n) is 4.66. The fourth-order valence-corrected chi connectivity index (χ4v) is 4.58. The minimum Gasteiger partial charge on any atom is -0.497 e. The van der Waals surface area contributed by atoms with E-state index in [9.17, 15) is 22.0 Å². The first-order chi connectivity index (χ1) is 12.2. The van der Waals surface area contributed by atoms with Crippen molar-refractivity contribution in [1.29, 1.82) is 0 Å². The van der Waals surface area contributed by atoms with Crippen LogP contribution >= 0.6 is 12.4 Å². The number of alkyl halides is 2. The summed E-state index contributed by atoms with van der Waals surface area (Å²) in [5.74, 6) is -2.72. The van der Waals surface area contributed by atoms with E-state index in [0.717, 1.165) is 0 Å². The molecule has 0 saturated carbocycles. The van der Waals surface area contributed by atoms with E-state index < -0.39 is 40.9 Å². The number of carbonyl (C=O) groups excluding carboxylic acids is 1. The second-order valence-corrected chi connectivity index (χ2v) is 8.34. The van der Waals surface area contributed by atoms with Crippen molar-refractivity contribution < 1.29 is 26.7 Å². The Morgan fingerprint density at radius 1 is 1.19 bits per heavy atom. The first-order valence-corrected chi connectivity index (χ1v) is 9.71. The van der Waals surface area contributed by atoms with Gasteiger partial charge in [0.05, 0.1) is 24.6 Å². The number of halogens is 3. The van der Waals surface area contributed by atoms with E-state index in [1.807, 2.05) is 0 Å². The number of amides is 1. The maximum absolute atomic E-state index is 13.3. The van der Waals surface area contributed by atoms with Crippen molar-refractivity contribution in [3.8, 4) is 5.75 Å². The van der Waals surface area contributed by atoms with E-state index in [4.69, 9.17) is 4.74 Å². The highest BCUT2D eigenvalue weighted by Gasteiger charge is 2.44. The van der Waals surface area contributed by atoms with Crippen LogP contribution in [0.1, 0.15) is 6.42 Å². The molecule has 0 bridgehead atoms. The third kappa shape index (κ3) is 4.68. The molecular formula is C16H22ClF2N3O4S. The molecule has 1 aromatic rings.